The van der Waals surface area contributed by atoms with Crippen LogP contribution in [-0.4, -0.2) is 14.6 Å². The summed E-state index contributed by atoms with van der Waals surface area (Å²) in [5, 5.41) is 8.28. The first-order valence-electron chi connectivity index (χ1n) is 6.99. The van der Waals surface area contributed by atoms with Crippen molar-refractivity contribution >= 4 is 11.3 Å². The molecule has 0 radical (unpaired) electrons. The van der Waals surface area contributed by atoms with Crippen molar-refractivity contribution in [3.8, 4) is 5.75 Å². The summed E-state index contributed by atoms with van der Waals surface area (Å²) in [6, 6.07) is 9.96. The van der Waals surface area contributed by atoms with Gasteiger partial charge in [0.25, 0.3) is 0 Å². The van der Waals surface area contributed by atoms with E-state index in [1.54, 1.807) is 0 Å². The van der Waals surface area contributed by atoms with Crippen molar-refractivity contribution in [1.29, 1.82) is 0 Å². The zero-order valence-electron chi connectivity index (χ0n) is 12.2. The van der Waals surface area contributed by atoms with E-state index >= 15 is 0 Å². The van der Waals surface area contributed by atoms with Crippen LogP contribution in [0.15, 0.2) is 36.5 Å². The number of ether oxygens (including phenoxy) is 1. The topological polar surface area (TPSA) is 65.4 Å². The maximum atomic E-state index is 5.95. The Kier molecular flexibility index (Phi) is 3.48. The van der Waals surface area contributed by atoms with Crippen molar-refractivity contribution < 1.29 is 4.74 Å². The second kappa shape index (κ2) is 5.44. The molecule has 0 fully saturated rings. The van der Waals surface area contributed by atoms with Crippen LogP contribution < -0.4 is 10.5 Å². The van der Waals surface area contributed by atoms with Crippen molar-refractivity contribution in [3.63, 3.8) is 0 Å². The van der Waals surface area contributed by atoms with E-state index in [0.717, 1.165) is 23.6 Å². The number of hydrogen-bond acceptors (Lipinski definition) is 4. The molecule has 21 heavy (non-hydrogen) atoms. The van der Waals surface area contributed by atoms with E-state index in [-0.39, 0.29) is 0 Å². The van der Waals surface area contributed by atoms with Gasteiger partial charge in [0.1, 0.15) is 12.4 Å². The van der Waals surface area contributed by atoms with Crippen molar-refractivity contribution in [1.82, 2.24) is 14.6 Å². The van der Waals surface area contributed by atoms with E-state index in [0.29, 0.717) is 17.9 Å². The first-order chi connectivity index (χ1) is 10.2. The van der Waals surface area contributed by atoms with E-state index in [1.165, 1.54) is 5.56 Å². The van der Waals surface area contributed by atoms with Gasteiger partial charge in [-0.05, 0) is 42.7 Å². The van der Waals surface area contributed by atoms with Crippen LogP contribution in [0.2, 0.25) is 0 Å². The fourth-order valence-corrected chi connectivity index (χ4v) is 2.31. The molecule has 2 heterocycles. The Balaban J connectivity index is 1.85. The Bertz CT molecular complexity index is 779. The second-order valence-electron chi connectivity index (χ2n) is 5.07. The lowest BCUT2D eigenvalue weighted by atomic mass is 10.2. The zero-order chi connectivity index (χ0) is 14.8. The van der Waals surface area contributed by atoms with Crippen molar-refractivity contribution in [3.05, 3.63) is 53.5 Å². The molecule has 0 spiro atoms. The van der Waals surface area contributed by atoms with Crippen LogP contribution in [0.25, 0.3) is 5.65 Å². The van der Waals surface area contributed by atoms with Crippen LogP contribution in [0.4, 0.5) is 5.69 Å². The molecule has 0 atom stereocenters. The van der Waals surface area contributed by atoms with Crippen LogP contribution in [-0.2, 0) is 13.0 Å². The SMILES string of the molecule is CCc1cccc(OCc2nnc3c(N)cc(C)cn23)c1. The van der Waals surface area contributed by atoms with Gasteiger partial charge in [-0.25, -0.2) is 0 Å². The number of rotatable bonds is 4. The molecule has 0 unspecified atom stereocenters. The molecule has 0 aliphatic heterocycles. The molecule has 0 saturated heterocycles. The standard InChI is InChI=1S/C16H18N4O/c1-3-12-5-4-6-13(8-12)21-10-15-18-19-16-14(17)7-11(2)9-20(15)16/h4-9H,3,10,17H2,1-2H3. The summed E-state index contributed by atoms with van der Waals surface area (Å²) in [7, 11) is 0. The molecule has 0 aliphatic rings. The van der Waals surface area contributed by atoms with Crippen LogP contribution in [0.3, 0.4) is 0 Å². The van der Waals surface area contributed by atoms with Crippen LogP contribution >= 0.6 is 0 Å². The van der Waals surface area contributed by atoms with E-state index in [2.05, 4.69) is 23.2 Å². The average Bonchev–Trinajstić information content (AvgIpc) is 2.88. The molecule has 2 N–H and O–H groups in total. The largest absolute Gasteiger partial charge is 0.486 e. The van der Waals surface area contributed by atoms with E-state index in [4.69, 9.17) is 10.5 Å². The lowest BCUT2D eigenvalue weighted by molar-refractivity contribution is 0.294. The number of anilines is 1. The third-order valence-corrected chi connectivity index (χ3v) is 3.42. The lowest BCUT2D eigenvalue weighted by Crippen LogP contribution is -2.03. The van der Waals surface area contributed by atoms with Gasteiger partial charge in [0.05, 0.1) is 5.69 Å². The smallest absolute Gasteiger partial charge is 0.184 e. The van der Waals surface area contributed by atoms with E-state index < -0.39 is 0 Å². The minimum atomic E-state index is 0.358. The number of aromatic nitrogens is 3. The fourth-order valence-electron chi connectivity index (χ4n) is 2.31. The predicted octanol–water partition coefficient (Wildman–Crippen LogP) is 2.76. The highest BCUT2D eigenvalue weighted by Crippen LogP contribution is 2.18. The lowest BCUT2D eigenvalue weighted by Gasteiger charge is -2.07. The van der Waals surface area contributed by atoms with Gasteiger partial charge in [0.2, 0.25) is 0 Å². The molecule has 5 nitrogen and oxygen atoms in total. The van der Waals surface area contributed by atoms with Crippen molar-refractivity contribution in [2.24, 2.45) is 0 Å². The second-order valence-corrected chi connectivity index (χ2v) is 5.07. The summed E-state index contributed by atoms with van der Waals surface area (Å²) in [5.74, 6) is 1.58. The maximum absolute atomic E-state index is 5.95. The minimum Gasteiger partial charge on any atom is -0.486 e. The third-order valence-electron chi connectivity index (χ3n) is 3.42. The molecule has 0 amide bonds. The highest BCUT2D eigenvalue weighted by atomic mass is 16.5. The van der Waals surface area contributed by atoms with E-state index in [1.807, 2.05) is 41.8 Å². The number of nitrogen functional groups attached to an aromatic ring is 1. The number of pyridine rings is 1. The van der Waals surface area contributed by atoms with Crippen molar-refractivity contribution in [2.45, 2.75) is 26.9 Å². The van der Waals surface area contributed by atoms with Gasteiger partial charge >= 0.3 is 0 Å². The van der Waals surface area contributed by atoms with Crippen molar-refractivity contribution in [2.75, 3.05) is 5.73 Å². The molecule has 0 saturated carbocycles. The summed E-state index contributed by atoms with van der Waals surface area (Å²) in [6.07, 6.45) is 2.95. The van der Waals surface area contributed by atoms with Gasteiger partial charge in [0.15, 0.2) is 11.5 Å². The molecular formula is C16H18N4O. The van der Waals surface area contributed by atoms with Gasteiger partial charge in [-0.15, -0.1) is 10.2 Å². The van der Waals surface area contributed by atoms with Crippen LogP contribution in [0, 0.1) is 6.92 Å². The van der Waals surface area contributed by atoms with E-state index in [9.17, 15) is 0 Å². The molecule has 0 bridgehead atoms. The Hall–Kier alpha value is -2.56. The highest BCUT2D eigenvalue weighted by molar-refractivity contribution is 5.64. The molecule has 5 heteroatoms. The minimum absolute atomic E-state index is 0.358. The molecule has 3 rings (SSSR count). The Labute approximate surface area is 123 Å². The quantitative estimate of drug-likeness (QED) is 0.799. The monoisotopic (exact) mass is 282 g/mol. The number of aryl methyl sites for hydroxylation is 2. The van der Waals surface area contributed by atoms with Crippen LogP contribution in [0.1, 0.15) is 23.9 Å². The first-order valence-corrected chi connectivity index (χ1v) is 6.99. The normalized spacial score (nSPS) is 11.0. The molecule has 3 aromatic rings. The van der Waals surface area contributed by atoms with Crippen LogP contribution in [0.5, 0.6) is 5.75 Å². The predicted molar refractivity (Wildman–Crippen MR) is 82.3 cm³/mol. The fraction of sp³-hybridized carbons (Fsp3) is 0.250. The maximum Gasteiger partial charge on any atom is 0.184 e. The number of nitrogens with two attached hydrogens (primary N) is 1. The molecular weight excluding hydrogens is 264 g/mol. The van der Waals surface area contributed by atoms with Gasteiger partial charge in [0, 0.05) is 6.20 Å². The first kappa shape index (κ1) is 13.4. The summed E-state index contributed by atoms with van der Waals surface area (Å²) in [6.45, 7) is 4.47. The molecule has 0 aliphatic carbocycles. The Morgan fingerprint density at radius 3 is 2.90 bits per heavy atom. The Morgan fingerprint density at radius 1 is 1.24 bits per heavy atom. The molecule has 108 valence electrons. The number of nitrogens with zero attached hydrogens (tertiary/aromatic N) is 3. The number of hydrogen-bond donors (Lipinski definition) is 1. The Morgan fingerprint density at radius 2 is 2.10 bits per heavy atom. The average molecular weight is 282 g/mol. The summed E-state index contributed by atoms with van der Waals surface area (Å²) in [4.78, 5) is 0. The van der Waals surface area contributed by atoms with Gasteiger partial charge in [-0.1, -0.05) is 19.1 Å². The summed E-state index contributed by atoms with van der Waals surface area (Å²) >= 11 is 0. The summed E-state index contributed by atoms with van der Waals surface area (Å²) < 4.78 is 7.70. The third kappa shape index (κ3) is 2.67. The molecule has 1 aromatic carbocycles. The number of benzene rings is 1. The zero-order valence-corrected chi connectivity index (χ0v) is 12.2. The highest BCUT2D eigenvalue weighted by Gasteiger charge is 2.09. The van der Waals surface area contributed by atoms with Gasteiger partial charge in [-0.3, -0.25) is 4.40 Å². The van der Waals surface area contributed by atoms with Gasteiger partial charge < -0.3 is 10.5 Å². The number of fused-ring (bicyclic) bond motifs is 1. The summed E-state index contributed by atoms with van der Waals surface area (Å²) in [5.41, 5.74) is 9.56. The van der Waals surface area contributed by atoms with Gasteiger partial charge in [-0.2, -0.15) is 0 Å². The molecule has 2 aromatic heterocycles.